The van der Waals surface area contributed by atoms with E-state index in [1.54, 1.807) is 11.8 Å². The van der Waals surface area contributed by atoms with Gasteiger partial charge in [0.05, 0.1) is 11.5 Å². The topological polar surface area (TPSA) is 83.6 Å². The lowest BCUT2D eigenvalue weighted by Gasteiger charge is -2.40. The van der Waals surface area contributed by atoms with Crippen molar-refractivity contribution in [2.75, 3.05) is 6.54 Å². The lowest BCUT2D eigenvalue weighted by molar-refractivity contribution is -0.149. The zero-order valence-electron chi connectivity index (χ0n) is 11.5. The van der Waals surface area contributed by atoms with Crippen molar-refractivity contribution in [3.63, 3.8) is 0 Å². The molecule has 0 aromatic rings. The number of likely N-dealkylation sites (tertiary alicyclic amines) is 1. The van der Waals surface area contributed by atoms with Crippen molar-refractivity contribution in [1.29, 1.82) is 0 Å². The highest BCUT2D eigenvalue weighted by atomic mass is 16.4. The Bertz CT molecular complexity index is 328. The standard InChI is InChI=1S/C13H24N2O3/c1-4-6-13(3,14)12(18)15-7-5-10(11(16)17)8-9(15)2/h9-10H,4-8,14H2,1-3H3,(H,16,17). The molecule has 0 aliphatic carbocycles. The maximum absolute atomic E-state index is 12.4. The van der Waals surface area contributed by atoms with Gasteiger partial charge in [-0.2, -0.15) is 0 Å². The minimum Gasteiger partial charge on any atom is -0.481 e. The summed E-state index contributed by atoms with van der Waals surface area (Å²) in [7, 11) is 0. The van der Waals surface area contributed by atoms with Crippen LogP contribution in [0.15, 0.2) is 0 Å². The molecule has 1 fully saturated rings. The Morgan fingerprint density at radius 1 is 1.50 bits per heavy atom. The second-order valence-electron chi connectivity index (χ2n) is 5.57. The van der Waals surface area contributed by atoms with Crippen molar-refractivity contribution in [3.8, 4) is 0 Å². The van der Waals surface area contributed by atoms with Crippen LogP contribution in [0.4, 0.5) is 0 Å². The molecule has 1 saturated heterocycles. The van der Waals surface area contributed by atoms with Crippen LogP contribution in [0.2, 0.25) is 0 Å². The number of carboxylic acids is 1. The molecular formula is C13H24N2O3. The fourth-order valence-corrected chi connectivity index (χ4v) is 2.65. The number of hydrogen-bond acceptors (Lipinski definition) is 3. The van der Waals surface area contributed by atoms with E-state index < -0.39 is 11.5 Å². The number of piperidine rings is 1. The minimum atomic E-state index is -0.834. The Balaban J connectivity index is 2.69. The van der Waals surface area contributed by atoms with Gasteiger partial charge in [-0.15, -0.1) is 0 Å². The SMILES string of the molecule is CCCC(C)(N)C(=O)N1CCC(C(=O)O)CC1C. The van der Waals surface area contributed by atoms with Gasteiger partial charge in [-0.05, 0) is 33.1 Å². The zero-order chi connectivity index (χ0) is 13.9. The first-order chi connectivity index (χ1) is 8.29. The number of aliphatic carboxylic acids is 1. The second-order valence-corrected chi connectivity index (χ2v) is 5.57. The molecule has 0 aromatic carbocycles. The van der Waals surface area contributed by atoms with Gasteiger partial charge in [-0.3, -0.25) is 9.59 Å². The van der Waals surface area contributed by atoms with Gasteiger partial charge < -0.3 is 15.7 Å². The van der Waals surface area contributed by atoms with E-state index in [2.05, 4.69) is 0 Å². The van der Waals surface area contributed by atoms with Crippen molar-refractivity contribution in [3.05, 3.63) is 0 Å². The summed E-state index contributed by atoms with van der Waals surface area (Å²) < 4.78 is 0. The molecule has 5 heteroatoms. The summed E-state index contributed by atoms with van der Waals surface area (Å²) in [5.74, 6) is -1.15. The van der Waals surface area contributed by atoms with Crippen molar-refractivity contribution >= 4 is 11.9 Å². The van der Waals surface area contributed by atoms with Crippen LogP contribution in [0.3, 0.4) is 0 Å². The van der Waals surface area contributed by atoms with Crippen LogP contribution in [0.25, 0.3) is 0 Å². The first-order valence-corrected chi connectivity index (χ1v) is 6.62. The van der Waals surface area contributed by atoms with Crippen molar-refractivity contribution in [2.45, 2.75) is 58.0 Å². The van der Waals surface area contributed by atoms with Gasteiger partial charge in [0.1, 0.15) is 0 Å². The molecular weight excluding hydrogens is 232 g/mol. The molecule has 1 heterocycles. The summed E-state index contributed by atoms with van der Waals surface area (Å²) in [4.78, 5) is 25.0. The summed E-state index contributed by atoms with van der Waals surface area (Å²) in [6.45, 7) is 6.15. The molecule has 0 aromatic heterocycles. The van der Waals surface area contributed by atoms with Crippen molar-refractivity contribution in [1.82, 2.24) is 4.90 Å². The lowest BCUT2D eigenvalue weighted by atomic mass is 9.88. The quantitative estimate of drug-likeness (QED) is 0.792. The molecule has 5 nitrogen and oxygen atoms in total. The van der Waals surface area contributed by atoms with Crippen LogP contribution in [-0.2, 0) is 9.59 Å². The van der Waals surface area contributed by atoms with E-state index in [9.17, 15) is 9.59 Å². The van der Waals surface area contributed by atoms with E-state index in [1.807, 2.05) is 13.8 Å². The van der Waals surface area contributed by atoms with Gasteiger partial charge in [-0.1, -0.05) is 13.3 Å². The fourth-order valence-electron chi connectivity index (χ4n) is 2.65. The maximum atomic E-state index is 12.4. The first kappa shape index (κ1) is 15.0. The van der Waals surface area contributed by atoms with Crippen LogP contribution >= 0.6 is 0 Å². The zero-order valence-corrected chi connectivity index (χ0v) is 11.5. The molecule has 3 unspecified atom stereocenters. The van der Waals surface area contributed by atoms with E-state index in [0.29, 0.717) is 25.8 Å². The number of hydrogen-bond donors (Lipinski definition) is 2. The van der Waals surface area contributed by atoms with Crippen LogP contribution in [0, 0.1) is 5.92 Å². The van der Waals surface area contributed by atoms with Gasteiger partial charge >= 0.3 is 5.97 Å². The van der Waals surface area contributed by atoms with E-state index in [-0.39, 0.29) is 17.9 Å². The molecule has 3 N–H and O–H groups in total. The van der Waals surface area contributed by atoms with Gasteiger partial charge in [-0.25, -0.2) is 0 Å². The third-order valence-electron chi connectivity index (χ3n) is 3.74. The molecule has 1 aliphatic rings. The van der Waals surface area contributed by atoms with Gasteiger partial charge in [0, 0.05) is 12.6 Å². The van der Waals surface area contributed by atoms with Crippen LogP contribution in [0.5, 0.6) is 0 Å². The monoisotopic (exact) mass is 256 g/mol. The highest BCUT2D eigenvalue weighted by Gasteiger charge is 2.38. The van der Waals surface area contributed by atoms with Crippen LogP contribution in [0.1, 0.15) is 46.5 Å². The number of amides is 1. The molecule has 1 rings (SSSR count). The molecule has 0 saturated carbocycles. The summed E-state index contributed by atoms with van der Waals surface area (Å²) in [6, 6.07) is -0.0490. The first-order valence-electron chi connectivity index (χ1n) is 6.62. The number of carbonyl (C=O) groups is 2. The molecule has 0 spiro atoms. The normalized spacial score (nSPS) is 27.7. The smallest absolute Gasteiger partial charge is 0.306 e. The Labute approximate surface area is 108 Å². The van der Waals surface area contributed by atoms with Gasteiger partial charge in [0.15, 0.2) is 0 Å². The lowest BCUT2D eigenvalue weighted by Crippen LogP contribution is -2.57. The molecule has 3 atom stereocenters. The Hall–Kier alpha value is -1.10. The summed E-state index contributed by atoms with van der Waals surface area (Å²) in [6.07, 6.45) is 2.55. The molecule has 1 aliphatic heterocycles. The van der Waals surface area contributed by atoms with Gasteiger partial charge in [0.2, 0.25) is 5.91 Å². The maximum Gasteiger partial charge on any atom is 0.306 e. The highest BCUT2D eigenvalue weighted by Crippen LogP contribution is 2.25. The third-order valence-corrected chi connectivity index (χ3v) is 3.74. The molecule has 18 heavy (non-hydrogen) atoms. The number of carbonyl (C=O) groups excluding carboxylic acids is 1. The van der Waals surface area contributed by atoms with E-state index in [0.717, 1.165) is 6.42 Å². The summed E-state index contributed by atoms with van der Waals surface area (Å²) >= 11 is 0. The van der Waals surface area contributed by atoms with E-state index in [4.69, 9.17) is 10.8 Å². The number of nitrogens with zero attached hydrogens (tertiary/aromatic N) is 1. The van der Waals surface area contributed by atoms with Crippen LogP contribution < -0.4 is 5.73 Å². The predicted octanol–water partition coefficient (Wildman–Crippen LogP) is 1.22. The predicted molar refractivity (Wildman–Crippen MR) is 69.0 cm³/mol. The molecule has 104 valence electrons. The summed E-state index contributed by atoms with van der Waals surface area (Å²) in [5, 5.41) is 9.00. The van der Waals surface area contributed by atoms with E-state index in [1.165, 1.54) is 0 Å². The fraction of sp³-hybridized carbons (Fsp3) is 0.846. The van der Waals surface area contributed by atoms with Crippen molar-refractivity contribution < 1.29 is 14.7 Å². The van der Waals surface area contributed by atoms with E-state index >= 15 is 0 Å². The molecule has 0 bridgehead atoms. The minimum absolute atomic E-state index is 0.0490. The average Bonchev–Trinajstić information content (AvgIpc) is 2.27. The largest absolute Gasteiger partial charge is 0.481 e. The number of carboxylic acid groups (broad SMARTS) is 1. The molecule has 1 amide bonds. The van der Waals surface area contributed by atoms with Crippen LogP contribution in [-0.4, -0.2) is 40.0 Å². The average molecular weight is 256 g/mol. The third kappa shape index (κ3) is 3.22. The Morgan fingerprint density at radius 3 is 2.56 bits per heavy atom. The number of rotatable bonds is 4. The number of nitrogens with two attached hydrogens (primary N) is 1. The second kappa shape index (κ2) is 5.69. The van der Waals surface area contributed by atoms with Crippen molar-refractivity contribution in [2.24, 2.45) is 11.7 Å². The highest BCUT2D eigenvalue weighted by molar-refractivity contribution is 5.86. The Morgan fingerprint density at radius 2 is 2.11 bits per heavy atom. The Kier molecular flexibility index (Phi) is 4.73. The molecule has 0 radical (unpaired) electrons. The van der Waals surface area contributed by atoms with Gasteiger partial charge in [0.25, 0.3) is 0 Å². The summed E-state index contributed by atoms with van der Waals surface area (Å²) in [5.41, 5.74) is 5.22.